The number of ether oxygens (including phenoxy) is 3. The van der Waals surface area contributed by atoms with Gasteiger partial charge in [-0.25, -0.2) is 9.78 Å². The van der Waals surface area contributed by atoms with E-state index in [1.54, 1.807) is 17.4 Å². The van der Waals surface area contributed by atoms with Crippen LogP contribution < -0.4 is 15.0 Å². The monoisotopic (exact) mass is 432 g/mol. The van der Waals surface area contributed by atoms with Gasteiger partial charge in [-0.1, -0.05) is 11.6 Å². The third kappa shape index (κ3) is 3.36. The maximum atomic E-state index is 12.5. The second kappa shape index (κ2) is 7.35. The van der Waals surface area contributed by atoms with Crippen LogP contribution in [0.25, 0.3) is 10.2 Å². The fourth-order valence-electron chi connectivity index (χ4n) is 3.68. The Hall–Kier alpha value is -2.58. The SMILES string of the molecule is O=C(OCc1nc2sc3c(c2c(=O)[nH]1)CCC3)c1cc(Cl)c2c(c1)OCCCO2. The number of hydrogen-bond acceptors (Lipinski definition) is 7. The zero-order valence-corrected chi connectivity index (χ0v) is 17.0. The molecule has 0 bridgehead atoms. The highest BCUT2D eigenvalue weighted by Crippen LogP contribution is 2.38. The molecule has 0 spiro atoms. The smallest absolute Gasteiger partial charge is 0.338 e. The lowest BCUT2D eigenvalue weighted by Gasteiger charge is -2.11. The lowest BCUT2D eigenvalue weighted by molar-refractivity contribution is 0.0462. The number of nitrogens with one attached hydrogen (secondary N) is 1. The average molecular weight is 433 g/mol. The fourth-order valence-corrected chi connectivity index (χ4v) is 5.23. The number of hydrogen-bond donors (Lipinski definition) is 1. The van der Waals surface area contributed by atoms with E-state index in [1.165, 1.54) is 10.9 Å². The summed E-state index contributed by atoms with van der Waals surface area (Å²) >= 11 is 7.78. The molecule has 0 saturated carbocycles. The Kier molecular flexibility index (Phi) is 4.67. The van der Waals surface area contributed by atoms with E-state index < -0.39 is 5.97 Å². The zero-order chi connectivity index (χ0) is 20.0. The first-order valence-electron chi connectivity index (χ1n) is 9.40. The molecule has 2 aromatic heterocycles. The molecular weight excluding hydrogens is 416 g/mol. The van der Waals surface area contributed by atoms with Crippen molar-refractivity contribution in [2.24, 2.45) is 0 Å². The van der Waals surface area contributed by atoms with E-state index in [0.29, 0.717) is 40.8 Å². The highest BCUT2D eigenvalue weighted by molar-refractivity contribution is 7.18. The molecule has 3 aromatic rings. The highest BCUT2D eigenvalue weighted by atomic mass is 35.5. The van der Waals surface area contributed by atoms with Gasteiger partial charge in [0.05, 0.1) is 29.2 Å². The molecule has 0 saturated heterocycles. The first kappa shape index (κ1) is 18.4. The van der Waals surface area contributed by atoms with Crippen molar-refractivity contribution >= 4 is 39.1 Å². The van der Waals surface area contributed by atoms with E-state index in [-0.39, 0.29) is 22.8 Å². The van der Waals surface area contributed by atoms with E-state index in [4.69, 9.17) is 25.8 Å². The van der Waals surface area contributed by atoms with Crippen molar-refractivity contribution in [1.82, 2.24) is 9.97 Å². The lowest BCUT2D eigenvalue weighted by Crippen LogP contribution is -2.14. The molecule has 3 heterocycles. The van der Waals surface area contributed by atoms with Crippen LogP contribution in [-0.2, 0) is 24.2 Å². The second-order valence-corrected chi connectivity index (χ2v) is 8.45. The number of fused-ring (bicyclic) bond motifs is 4. The molecule has 5 rings (SSSR count). The van der Waals surface area contributed by atoms with Crippen molar-refractivity contribution in [3.8, 4) is 11.5 Å². The normalized spacial score (nSPS) is 15.2. The number of carbonyl (C=O) groups is 1. The molecule has 1 aliphatic carbocycles. The van der Waals surface area contributed by atoms with Crippen molar-refractivity contribution in [1.29, 1.82) is 0 Å². The molecule has 7 nitrogen and oxygen atoms in total. The van der Waals surface area contributed by atoms with Crippen molar-refractivity contribution in [3.63, 3.8) is 0 Å². The minimum atomic E-state index is -0.584. The quantitative estimate of drug-likeness (QED) is 0.635. The lowest BCUT2D eigenvalue weighted by atomic mass is 10.2. The van der Waals surface area contributed by atoms with Gasteiger partial charge in [-0.05, 0) is 37.0 Å². The van der Waals surface area contributed by atoms with Gasteiger partial charge in [0.25, 0.3) is 5.56 Å². The summed E-state index contributed by atoms with van der Waals surface area (Å²) in [6.07, 6.45) is 3.72. The molecule has 0 unspecified atom stereocenters. The van der Waals surface area contributed by atoms with E-state index in [1.807, 2.05) is 0 Å². The summed E-state index contributed by atoms with van der Waals surface area (Å²) in [5.74, 6) is 0.584. The average Bonchev–Trinajstić information content (AvgIpc) is 3.18. The van der Waals surface area contributed by atoms with Crippen LogP contribution in [0.4, 0.5) is 0 Å². The van der Waals surface area contributed by atoms with Crippen molar-refractivity contribution in [3.05, 3.63) is 49.3 Å². The number of nitrogens with zero attached hydrogens (tertiary/aromatic N) is 1. The predicted molar refractivity (Wildman–Crippen MR) is 108 cm³/mol. The van der Waals surface area contributed by atoms with Crippen LogP contribution in [-0.4, -0.2) is 29.2 Å². The summed E-state index contributed by atoms with van der Waals surface area (Å²) in [4.78, 5) is 34.1. The number of aromatic nitrogens is 2. The maximum Gasteiger partial charge on any atom is 0.338 e. The fraction of sp³-hybridized carbons (Fsp3) is 0.350. The molecule has 9 heteroatoms. The molecular formula is C20H17ClN2O5S. The largest absolute Gasteiger partial charge is 0.489 e. The third-order valence-electron chi connectivity index (χ3n) is 5.00. The number of H-pyrrole nitrogens is 1. The van der Waals surface area contributed by atoms with Gasteiger partial charge >= 0.3 is 5.97 Å². The number of rotatable bonds is 3. The minimum absolute atomic E-state index is 0.140. The Bertz CT molecular complexity index is 1190. The number of aromatic amines is 1. The van der Waals surface area contributed by atoms with Gasteiger partial charge in [-0.15, -0.1) is 11.3 Å². The van der Waals surface area contributed by atoms with Crippen LogP contribution in [0.3, 0.4) is 0 Å². The highest BCUT2D eigenvalue weighted by Gasteiger charge is 2.22. The van der Waals surface area contributed by atoms with E-state index in [2.05, 4.69) is 9.97 Å². The Balaban J connectivity index is 1.36. The predicted octanol–water partition coefficient (Wildman–Crippen LogP) is 3.65. The summed E-state index contributed by atoms with van der Waals surface area (Å²) < 4.78 is 16.5. The van der Waals surface area contributed by atoms with Crippen LogP contribution in [0.2, 0.25) is 5.02 Å². The molecule has 2 aliphatic rings. The van der Waals surface area contributed by atoms with Gasteiger partial charge in [-0.3, -0.25) is 4.79 Å². The first-order valence-corrected chi connectivity index (χ1v) is 10.6. The number of carbonyl (C=O) groups excluding carboxylic acids is 1. The summed E-state index contributed by atoms with van der Waals surface area (Å²) in [7, 11) is 0. The first-order chi connectivity index (χ1) is 14.1. The zero-order valence-electron chi connectivity index (χ0n) is 15.4. The van der Waals surface area contributed by atoms with E-state index in [9.17, 15) is 9.59 Å². The Morgan fingerprint density at radius 3 is 3.00 bits per heavy atom. The Morgan fingerprint density at radius 1 is 1.24 bits per heavy atom. The van der Waals surface area contributed by atoms with Crippen molar-refractivity contribution in [2.75, 3.05) is 13.2 Å². The molecule has 0 radical (unpaired) electrons. The Labute approximate surface area is 174 Å². The number of esters is 1. The molecule has 0 atom stereocenters. The molecule has 150 valence electrons. The number of halogens is 1. The van der Waals surface area contributed by atoms with Crippen LogP contribution in [0.15, 0.2) is 16.9 Å². The molecule has 0 amide bonds. The third-order valence-corrected chi connectivity index (χ3v) is 6.47. The van der Waals surface area contributed by atoms with Gasteiger partial charge in [0, 0.05) is 11.3 Å². The van der Waals surface area contributed by atoms with Gasteiger partial charge in [0.15, 0.2) is 11.5 Å². The van der Waals surface area contributed by atoms with Crippen LogP contribution in [0.1, 0.15) is 39.5 Å². The molecule has 1 aromatic carbocycles. The van der Waals surface area contributed by atoms with Crippen LogP contribution in [0, 0.1) is 0 Å². The molecule has 29 heavy (non-hydrogen) atoms. The van der Waals surface area contributed by atoms with Crippen LogP contribution >= 0.6 is 22.9 Å². The van der Waals surface area contributed by atoms with Gasteiger partial charge in [-0.2, -0.15) is 0 Å². The Morgan fingerprint density at radius 2 is 2.10 bits per heavy atom. The van der Waals surface area contributed by atoms with Gasteiger partial charge in [0.2, 0.25) is 0 Å². The summed E-state index contributed by atoms with van der Waals surface area (Å²) in [5, 5.41) is 0.963. The summed E-state index contributed by atoms with van der Waals surface area (Å²) in [6.45, 7) is 0.848. The summed E-state index contributed by atoms with van der Waals surface area (Å²) in [5.41, 5.74) is 1.18. The second-order valence-electron chi connectivity index (χ2n) is 6.96. The maximum absolute atomic E-state index is 12.5. The number of aryl methyl sites for hydroxylation is 2. The summed E-state index contributed by atoms with van der Waals surface area (Å²) in [6, 6.07) is 3.04. The molecule has 0 fully saturated rings. The molecule has 1 N–H and O–H groups in total. The minimum Gasteiger partial charge on any atom is -0.489 e. The molecule has 1 aliphatic heterocycles. The van der Waals surface area contributed by atoms with Crippen molar-refractivity contribution < 1.29 is 19.0 Å². The van der Waals surface area contributed by atoms with Crippen molar-refractivity contribution in [2.45, 2.75) is 32.3 Å². The topological polar surface area (TPSA) is 90.5 Å². The number of benzene rings is 1. The van der Waals surface area contributed by atoms with E-state index >= 15 is 0 Å². The standard InChI is InChI=1S/C20H17ClN2O5S/c21-12-7-10(8-13-17(12)27-6-2-5-26-13)20(25)28-9-15-22-18(24)16-11-3-1-4-14(11)29-19(16)23-15/h7-8H,1-6,9H2,(H,22,23,24). The number of thiophene rings is 1. The van der Waals surface area contributed by atoms with Gasteiger partial charge in [0.1, 0.15) is 17.3 Å². The van der Waals surface area contributed by atoms with Gasteiger partial charge < -0.3 is 19.2 Å². The van der Waals surface area contributed by atoms with Crippen LogP contribution in [0.5, 0.6) is 11.5 Å². The van der Waals surface area contributed by atoms with E-state index in [0.717, 1.165) is 31.2 Å².